The fraction of sp³-hybridized carbons (Fsp3) is 0.778. The Balaban J connectivity index is 2.36. The number of amides is 2. The van der Waals surface area contributed by atoms with Crippen LogP contribution >= 0.6 is 0 Å². The molecule has 5 heteroatoms. The zero-order valence-electron chi connectivity index (χ0n) is 8.67. The Morgan fingerprint density at radius 3 is 2.86 bits per heavy atom. The summed E-state index contributed by atoms with van der Waals surface area (Å²) in [7, 11) is 1.77. The standard InChI is InChI=1S/C9H17N3O2/c1-3-4-5-12(2)9(14)7-6-8(13)11-10-7/h7,10H,3-6H2,1-2H3,(H,11,13). The lowest BCUT2D eigenvalue weighted by Crippen LogP contribution is -2.44. The van der Waals surface area contributed by atoms with Gasteiger partial charge in [-0.25, -0.2) is 5.43 Å². The lowest BCUT2D eigenvalue weighted by Gasteiger charge is -2.19. The van der Waals surface area contributed by atoms with Gasteiger partial charge in [-0.05, 0) is 6.42 Å². The topological polar surface area (TPSA) is 61.4 Å². The molecule has 2 amide bonds. The molecule has 2 N–H and O–H groups in total. The van der Waals surface area contributed by atoms with Crippen molar-refractivity contribution in [2.75, 3.05) is 13.6 Å². The van der Waals surface area contributed by atoms with Gasteiger partial charge in [-0.15, -0.1) is 0 Å². The molecule has 0 radical (unpaired) electrons. The van der Waals surface area contributed by atoms with Crippen molar-refractivity contribution in [2.45, 2.75) is 32.2 Å². The van der Waals surface area contributed by atoms with Gasteiger partial charge < -0.3 is 4.90 Å². The third-order valence-electron chi connectivity index (χ3n) is 2.30. The van der Waals surface area contributed by atoms with Gasteiger partial charge in [0.1, 0.15) is 6.04 Å². The van der Waals surface area contributed by atoms with Crippen LogP contribution in [0.15, 0.2) is 0 Å². The zero-order valence-corrected chi connectivity index (χ0v) is 8.67. The first-order valence-corrected chi connectivity index (χ1v) is 4.94. The van der Waals surface area contributed by atoms with Crippen LogP contribution in [0.1, 0.15) is 26.2 Å². The Morgan fingerprint density at radius 2 is 2.36 bits per heavy atom. The second-order valence-corrected chi connectivity index (χ2v) is 3.56. The van der Waals surface area contributed by atoms with Gasteiger partial charge in [0, 0.05) is 13.6 Å². The van der Waals surface area contributed by atoms with Crippen LogP contribution in [0.25, 0.3) is 0 Å². The van der Waals surface area contributed by atoms with Gasteiger partial charge in [0.25, 0.3) is 0 Å². The molecule has 80 valence electrons. The molecule has 0 aliphatic carbocycles. The summed E-state index contributed by atoms with van der Waals surface area (Å²) < 4.78 is 0. The summed E-state index contributed by atoms with van der Waals surface area (Å²) in [5.74, 6) is -0.135. The minimum Gasteiger partial charge on any atom is -0.344 e. The Morgan fingerprint density at radius 1 is 1.64 bits per heavy atom. The quantitative estimate of drug-likeness (QED) is 0.650. The number of likely N-dealkylation sites (N-methyl/N-ethyl adjacent to an activating group) is 1. The van der Waals surface area contributed by atoms with Gasteiger partial charge in [0.05, 0.1) is 6.42 Å². The smallest absolute Gasteiger partial charge is 0.241 e. The largest absolute Gasteiger partial charge is 0.344 e. The lowest BCUT2D eigenvalue weighted by molar-refractivity contribution is -0.132. The van der Waals surface area contributed by atoms with E-state index in [1.807, 2.05) is 0 Å². The van der Waals surface area contributed by atoms with Crippen LogP contribution in [-0.2, 0) is 9.59 Å². The van der Waals surface area contributed by atoms with Crippen LogP contribution in [0, 0.1) is 0 Å². The molecule has 5 nitrogen and oxygen atoms in total. The van der Waals surface area contributed by atoms with Gasteiger partial charge in [0.15, 0.2) is 0 Å². The summed E-state index contributed by atoms with van der Waals surface area (Å²) in [4.78, 5) is 24.2. The predicted octanol–water partition coefficient (Wildman–Crippen LogP) is -0.362. The second kappa shape index (κ2) is 4.95. The summed E-state index contributed by atoms with van der Waals surface area (Å²) in [5, 5.41) is 0. The fourth-order valence-corrected chi connectivity index (χ4v) is 1.38. The van der Waals surface area contributed by atoms with Gasteiger partial charge >= 0.3 is 0 Å². The first-order chi connectivity index (χ1) is 6.65. The molecule has 0 aromatic heterocycles. The van der Waals surface area contributed by atoms with Crippen molar-refractivity contribution < 1.29 is 9.59 Å². The Kier molecular flexibility index (Phi) is 3.88. The molecule has 1 heterocycles. The molecule has 1 aliphatic rings. The van der Waals surface area contributed by atoms with Gasteiger partial charge in [-0.3, -0.25) is 15.0 Å². The van der Waals surface area contributed by atoms with Crippen LogP contribution < -0.4 is 10.9 Å². The van der Waals surface area contributed by atoms with E-state index in [0.717, 1.165) is 19.4 Å². The van der Waals surface area contributed by atoms with Gasteiger partial charge in [-0.1, -0.05) is 13.3 Å². The molecule has 1 fully saturated rings. The van der Waals surface area contributed by atoms with Crippen molar-refractivity contribution >= 4 is 11.8 Å². The van der Waals surface area contributed by atoms with Crippen molar-refractivity contribution in [3.05, 3.63) is 0 Å². The number of carbonyl (C=O) groups is 2. The SMILES string of the molecule is CCCCN(C)C(=O)C1CC(=O)NN1. The van der Waals surface area contributed by atoms with E-state index in [0.29, 0.717) is 0 Å². The summed E-state index contributed by atoms with van der Waals surface area (Å²) >= 11 is 0. The average molecular weight is 199 g/mol. The van der Waals surface area contributed by atoms with E-state index >= 15 is 0 Å². The number of nitrogens with one attached hydrogen (secondary N) is 2. The monoisotopic (exact) mass is 199 g/mol. The van der Waals surface area contributed by atoms with Crippen molar-refractivity contribution in [3.8, 4) is 0 Å². The molecule has 1 saturated heterocycles. The molecule has 14 heavy (non-hydrogen) atoms. The third-order valence-corrected chi connectivity index (χ3v) is 2.30. The Bertz CT molecular complexity index is 230. The maximum absolute atomic E-state index is 11.7. The number of carbonyl (C=O) groups excluding carboxylic acids is 2. The maximum atomic E-state index is 11.7. The first kappa shape index (κ1) is 11.0. The number of hydrogen-bond donors (Lipinski definition) is 2. The average Bonchev–Trinajstić information content (AvgIpc) is 2.60. The van der Waals surface area contributed by atoms with Gasteiger partial charge in [0.2, 0.25) is 11.8 Å². The minimum atomic E-state index is -0.385. The predicted molar refractivity (Wildman–Crippen MR) is 52.2 cm³/mol. The van der Waals surface area contributed by atoms with Crippen molar-refractivity contribution in [1.82, 2.24) is 15.8 Å². The van der Waals surface area contributed by atoms with E-state index < -0.39 is 0 Å². The number of nitrogens with zero attached hydrogens (tertiary/aromatic N) is 1. The highest BCUT2D eigenvalue weighted by molar-refractivity contribution is 5.90. The zero-order chi connectivity index (χ0) is 10.6. The van der Waals surface area contributed by atoms with Crippen LogP contribution in [0.3, 0.4) is 0 Å². The van der Waals surface area contributed by atoms with Crippen molar-refractivity contribution in [3.63, 3.8) is 0 Å². The van der Waals surface area contributed by atoms with Crippen LogP contribution in [0.5, 0.6) is 0 Å². The highest BCUT2D eigenvalue weighted by atomic mass is 16.2. The molecule has 1 unspecified atom stereocenters. The normalized spacial score (nSPS) is 20.7. The van der Waals surface area contributed by atoms with Crippen molar-refractivity contribution in [1.29, 1.82) is 0 Å². The fourth-order valence-electron chi connectivity index (χ4n) is 1.38. The molecule has 0 bridgehead atoms. The molecule has 0 saturated carbocycles. The lowest BCUT2D eigenvalue weighted by atomic mass is 10.2. The number of unbranched alkanes of at least 4 members (excludes halogenated alkanes) is 1. The molecule has 0 aromatic carbocycles. The third kappa shape index (κ3) is 2.70. The first-order valence-electron chi connectivity index (χ1n) is 4.94. The summed E-state index contributed by atoms with van der Waals surface area (Å²) in [6.45, 7) is 2.83. The molecule has 1 aliphatic heterocycles. The van der Waals surface area contributed by atoms with E-state index in [1.165, 1.54) is 0 Å². The van der Waals surface area contributed by atoms with Crippen LogP contribution in [0.4, 0.5) is 0 Å². The van der Waals surface area contributed by atoms with E-state index in [1.54, 1.807) is 11.9 Å². The molecule has 0 spiro atoms. The van der Waals surface area contributed by atoms with E-state index in [4.69, 9.17) is 0 Å². The highest BCUT2D eigenvalue weighted by Gasteiger charge is 2.29. The minimum absolute atomic E-state index is 0.0169. The molecular formula is C9H17N3O2. The summed E-state index contributed by atoms with van der Waals surface area (Å²) in [6, 6.07) is -0.385. The summed E-state index contributed by atoms with van der Waals surface area (Å²) in [5.41, 5.74) is 5.10. The Hall–Kier alpha value is -1.10. The molecule has 1 rings (SSSR count). The second-order valence-electron chi connectivity index (χ2n) is 3.56. The number of rotatable bonds is 4. The van der Waals surface area contributed by atoms with E-state index in [-0.39, 0.29) is 24.3 Å². The van der Waals surface area contributed by atoms with E-state index in [2.05, 4.69) is 17.8 Å². The van der Waals surface area contributed by atoms with Crippen LogP contribution in [0.2, 0.25) is 0 Å². The van der Waals surface area contributed by atoms with Crippen LogP contribution in [-0.4, -0.2) is 36.3 Å². The number of hydrazine groups is 1. The number of hydrogen-bond acceptors (Lipinski definition) is 3. The van der Waals surface area contributed by atoms with Crippen molar-refractivity contribution in [2.24, 2.45) is 0 Å². The highest BCUT2D eigenvalue weighted by Crippen LogP contribution is 2.03. The van der Waals surface area contributed by atoms with E-state index in [9.17, 15) is 9.59 Å². The molecule has 1 atom stereocenters. The van der Waals surface area contributed by atoms with Gasteiger partial charge in [-0.2, -0.15) is 0 Å². The summed E-state index contributed by atoms with van der Waals surface area (Å²) in [6.07, 6.45) is 2.30. The molecular weight excluding hydrogens is 182 g/mol. The maximum Gasteiger partial charge on any atom is 0.241 e. The molecule has 0 aromatic rings. The Labute approximate surface area is 83.8 Å².